The van der Waals surface area contributed by atoms with Gasteiger partial charge in [0.25, 0.3) is 27.8 Å². The lowest BCUT2D eigenvalue weighted by Crippen LogP contribution is -2.53. The highest BCUT2D eigenvalue weighted by Crippen LogP contribution is 2.33. The minimum Gasteiger partial charge on any atom is -0.285 e. The molecule has 1 aromatic carbocycles. The molecule has 4 rings (SSSR count). The molecule has 180 valence electrons. The number of rotatable bonds is 4. The maximum Gasteiger partial charge on any atom is 0.267 e. The number of nitrogens with two attached hydrogens (primary N) is 1. The number of carbonyl (C=O) groups excluding carboxylic acids is 1. The van der Waals surface area contributed by atoms with E-state index < -0.39 is 56.5 Å². The lowest BCUT2D eigenvalue weighted by Gasteiger charge is -2.36. The fourth-order valence-electron chi connectivity index (χ4n) is 3.68. The number of hydrogen-bond acceptors (Lipinski definition) is 6. The van der Waals surface area contributed by atoms with E-state index in [9.17, 15) is 30.8 Å². The van der Waals surface area contributed by atoms with Gasteiger partial charge in [0.05, 0.1) is 16.8 Å². The van der Waals surface area contributed by atoms with Gasteiger partial charge in [-0.1, -0.05) is 25.1 Å². The van der Waals surface area contributed by atoms with Crippen molar-refractivity contribution in [2.24, 2.45) is 11.1 Å². The van der Waals surface area contributed by atoms with Gasteiger partial charge >= 0.3 is 0 Å². The van der Waals surface area contributed by atoms with Gasteiger partial charge < -0.3 is 0 Å². The second-order valence-electron chi connectivity index (χ2n) is 8.03. The number of benzene rings is 1. The predicted octanol–water partition coefficient (Wildman–Crippen LogP) is 2.84. The highest BCUT2D eigenvalue weighted by molar-refractivity contribution is 7.89. The molecule has 0 bridgehead atoms. The summed E-state index contributed by atoms with van der Waals surface area (Å²) in [5.41, 5.74) is 1.58. The number of sulfonamides is 1. The third-order valence-electron chi connectivity index (χ3n) is 5.60. The topological polar surface area (TPSA) is 118 Å². The number of alkyl halides is 2. The van der Waals surface area contributed by atoms with Crippen LogP contribution >= 0.6 is 0 Å². The number of carbonyl (C=O) groups is 1. The molecule has 8 nitrogen and oxygen atoms in total. The number of nitrogens with zero attached hydrogens (tertiary/aromatic N) is 3. The maximum absolute atomic E-state index is 14.8. The zero-order valence-corrected chi connectivity index (χ0v) is 18.5. The summed E-state index contributed by atoms with van der Waals surface area (Å²) in [7, 11) is -4.51. The molecule has 0 aliphatic carbocycles. The highest BCUT2D eigenvalue weighted by atomic mass is 32.2. The lowest BCUT2D eigenvalue weighted by molar-refractivity contribution is -0.106. The van der Waals surface area contributed by atoms with Crippen LogP contribution in [0, 0.1) is 17.7 Å². The summed E-state index contributed by atoms with van der Waals surface area (Å²) in [6.45, 7) is 1.08. The molecule has 3 N–H and O–H groups in total. The molecular formula is C21H19F4N5O3S. The van der Waals surface area contributed by atoms with Crippen LogP contribution in [0.3, 0.4) is 0 Å². The highest BCUT2D eigenvalue weighted by Gasteiger charge is 2.41. The summed E-state index contributed by atoms with van der Waals surface area (Å²) in [5.74, 6) is -8.00. The van der Waals surface area contributed by atoms with Crippen molar-refractivity contribution in [3.8, 4) is 11.3 Å². The van der Waals surface area contributed by atoms with E-state index in [1.165, 1.54) is 18.0 Å². The Bertz CT molecular complexity index is 1400. The number of nitrogens with one attached hydrogen (secondary N) is 1. The van der Waals surface area contributed by atoms with Crippen LogP contribution in [-0.4, -0.2) is 48.3 Å². The average molecular weight is 497 g/mol. The zero-order valence-electron chi connectivity index (χ0n) is 17.7. The second kappa shape index (κ2) is 8.56. The van der Waals surface area contributed by atoms with Gasteiger partial charge in [0.2, 0.25) is 0 Å². The summed E-state index contributed by atoms with van der Waals surface area (Å²) in [4.78, 5) is 20.4. The Hall–Kier alpha value is -3.16. The van der Waals surface area contributed by atoms with Crippen LogP contribution in [0.1, 0.15) is 23.7 Å². The molecule has 0 saturated carbocycles. The molecule has 3 aromatic rings. The van der Waals surface area contributed by atoms with E-state index in [4.69, 9.17) is 5.14 Å². The normalized spacial score (nSPS) is 18.7. The molecule has 0 spiro atoms. The minimum absolute atomic E-state index is 0.132. The van der Waals surface area contributed by atoms with Crippen molar-refractivity contribution in [2.75, 3.05) is 13.1 Å². The first-order valence-electron chi connectivity index (χ1n) is 10.1. The Morgan fingerprint density at radius 2 is 1.91 bits per heavy atom. The number of piperidine rings is 1. The monoisotopic (exact) mass is 497 g/mol. The van der Waals surface area contributed by atoms with E-state index >= 15 is 0 Å². The Morgan fingerprint density at radius 3 is 2.59 bits per heavy atom. The second-order valence-corrected chi connectivity index (χ2v) is 9.54. The summed E-state index contributed by atoms with van der Waals surface area (Å²) >= 11 is 0. The Kier molecular flexibility index (Phi) is 6.04. The van der Waals surface area contributed by atoms with Gasteiger partial charge in [0.1, 0.15) is 0 Å². The maximum atomic E-state index is 14.8. The van der Waals surface area contributed by atoms with Gasteiger partial charge in [-0.15, -0.1) is 0 Å². The molecule has 1 aliphatic rings. The molecule has 34 heavy (non-hydrogen) atoms. The summed E-state index contributed by atoms with van der Waals surface area (Å²) in [6, 6.07) is 8.55. The number of amides is 1. The Labute approximate surface area is 191 Å². The smallest absolute Gasteiger partial charge is 0.267 e. The minimum atomic E-state index is -4.51. The number of aromatic nitrogens is 2. The lowest BCUT2D eigenvalue weighted by atomic mass is 9.96. The van der Waals surface area contributed by atoms with Crippen LogP contribution in [-0.2, 0) is 10.0 Å². The molecule has 1 saturated heterocycles. The standard InChI is InChI=1S/C21H19F4N5O3S/c1-11-10-30(7-6-21(11,24)25)29-20(31)14-8-12-4-2-3-5-15(12)27-18(14)13-9-16(34(26,32)33)28-19(23)17(13)22/h2-5,8-9,11H,6-7,10H2,1H3,(H,29,31)(H2,26,32,33). The van der Waals surface area contributed by atoms with Crippen molar-refractivity contribution in [3.05, 3.63) is 53.7 Å². The summed E-state index contributed by atoms with van der Waals surface area (Å²) < 4.78 is 80.0. The van der Waals surface area contributed by atoms with Crippen molar-refractivity contribution >= 4 is 26.8 Å². The van der Waals surface area contributed by atoms with Crippen molar-refractivity contribution in [1.29, 1.82) is 0 Å². The van der Waals surface area contributed by atoms with Crippen LogP contribution in [0.15, 0.2) is 41.4 Å². The predicted molar refractivity (Wildman–Crippen MR) is 114 cm³/mol. The van der Waals surface area contributed by atoms with Crippen molar-refractivity contribution in [3.63, 3.8) is 0 Å². The van der Waals surface area contributed by atoms with Gasteiger partial charge in [0, 0.05) is 36.4 Å². The van der Waals surface area contributed by atoms with Gasteiger partial charge in [-0.2, -0.15) is 4.39 Å². The largest absolute Gasteiger partial charge is 0.285 e. The van der Waals surface area contributed by atoms with Crippen LogP contribution < -0.4 is 10.6 Å². The van der Waals surface area contributed by atoms with E-state index in [0.29, 0.717) is 17.0 Å². The van der Waals surface area contributed by atoms with Crippen LogP contribution in [0.4, 0.5) is 17.6 Å². The number of halogens is 4. The van der Waals surface area contributed by atoms with Crippen molar-refractivity contribution in [2.45, 2.75) is 24.3 Å². The number of para-hydroxylation sites is 1. The molecular weight excluding hydrogens is 478 g/mol. The third-order valence-corrected chi connectivity index (χ3v) is 6.39. The molecule has 1 aliphatic heterocycles. The number of primary sulfonamides is 1. The Morgan fingerprint density at radius 1 is 1.21 bits per heavy atom. The molecule has 13 heteroatoms. The Balaban J connectivity index is 1.82. The molecule has 2 aromatic heterocycles. The molecule has 1 fully saturated rings. The fraction of sp³-hybridized carbons (Fsp3) is 0.286. The molecule has 1 atom stereocenters. The number of hydrogen-bond donors (Lipinski definition) is 2. The SMILES string of the molecule is CC1CN(NC(=O)c2cc3ccccc3nc2-c2cc(S(N)(=O)=O)nc(F)c2F)CCC1(F)F. The molecule has 3 heterocycles. The van der Waals surface area contributed by atoms with Gasteiger partial charge in [-0.25, -0.2) is 41.7 Å². The van der Waals surface area contributed by atoms with Crippen LogP contribution in [0.5, 0.6) is 0 Å². The average Bonchev–Trinajstić information content (AvgIpc) is 2.76. The molecule has 0 radical (unpaired) electrons. The van der Waals surface area contributed by atoms with Gasteiger partial charge in [-0.3, -0.25) is 10.2 Å². The zero-order chi connectivity index (χ0) is 24.8. The van der Waals surface area contributed by atoms with Crippen LogP contribution in [0.25, 0.3) is 22.2 Å². The molecule has 1 amide bonds. The van der Waals surface area contributed by atoms with E-state index in [-0.39, 0.29) is 24.3 Å². The van der Waals surface area contributed by atoms with Crippen molar-refractivity contribution in [1.82, 2.24) is 20.4 Å². The fourth-order valence-corrected chi connectivity index (χ4v) is 4.17. The first-order chi connectivity index (χ1) is 15.9. The first-order valence-corrected chi connectivity index (χ1v) is 11.6. The van der Waals surface area contributed by atoms with E-state index in [1.807, 2.05) is 0 Å². The number of fused-ring (bicyclic) bond motifs is 1. The van der Waals surface area contributed by atoms with Crippen LogP contribution in [0.2, 0.25) is 0 Å². The van der Waals surface area contributed by atoms with E-state index in [1.54, 1.807) is 24.3 Å². The van der Waals surface area contributed by atoms with Gasteiger partial charge in [-0.05, 0) is 18.2 Å². The van der Waals surface area contributed by atoms with Crippen molar-refractivity contribution < 1.29 is 30.8 Å². The number of pyridine rings is 2. The molecule has 1 unspecified atom stereocenters. The summed E-state index contributed by atoms with van der Waals surface area (Å²) in [5, 5.41) is 5.86. The van der Waals surface area contributed by atoms with E-state index in [2.05, 4.69) is 15.4 Å². The summed E-state index contributed by atoms with van der Waals surface area (Å²) in [6.07, 6.45) is -0.473. The third kappa shape index (κ3) is 4.58. The van der Waals surface area contributed by atoms with Gasteiger partial charge in [0.15, 0.2) is 10.8 Å². The van der Waals surface area contributed by atoms with E-state index in [0.717, 1.165) is 0 Å². The quantitative estimate of drug-likeness (QED) is 0.423. The number of hydrazine groups is 1. The first kappa shape index (κ1) is 24.0.